The molecule has 8 heteroatoms. The van der Waals surface area contributed by atoms with E-state index >= 15 is 0 Å². The van der Waals surface area contributed by atoms with E-state index in [4.69, 9.17) is 9.47 Å². The number of benzene rings is 4. The van der Waals surface area contributed by atoms with Crippen LogP contribution >= 0.6 is 0 Å². The molecule has 0 saturated heterocycles. The number of hydrogen-bond acceptors (Lipinski definition) is 6. The summed E-state index contributed by atoms with van der Waals surface area (Å²) in [5.41, 5.74) is 3.84. The Balaban J connectivity index is 1.51. The first kappa shape index (κ1) is 30.3. The molecule has 0 spiro atoms. The fraction of sp³-hybridized carbons (Fsp3) is 0.114. The third kappa shape index (κ3) is 8.20. The molecule has 0 aromatic heterocycles. The Hall–Kier alpha value is -5.63. The number of rotatable bonds is 11. The molecule has 0 bridgehead atoms. The summed E-state index contributed by atoms with van der Waals surface area (Å²) in [4.78, 5) is 41.1. The summed E-state index contributed by atoms with van der Waals surface area (Å²) in [5.74, 6) is 0.115. The first-order valence-electron chi connectivity index (χ1n) is 13.5. The van der Waals surface area contributed by atoms with Gasteiger partial charge in [0.1, 0.15) is 17.2 Å². The molecule has 4 aromatic rings. The molecule has 2 amide bonds. The molecule has 0 saturated carbocycles. The molecule has 0 radical (unpaired) electrons. The van der Waals surface area contributed by atoms with E-state index in [1.165, 1.54) is 6.08 Å². The highest BCUT2D eigenvalue weighted by atomic mass is 16.5. The first-order valence-corrected chi connectivity index (χ1v) is 13.5. The molecule has 0 aliphatic rings. The van der Waals surface area contributed by atoms with E-state index in [-0.39, 0.29) is 11.5 Å². The fourth-order valence-corrected chi connectivity index (χ4v) is 4.13. The molecule has 0 fully saturated rings. The molecule has 2 N–H and O–H groups in total. The first-order chi connectivity index (χ1) is 20.8. The Bertz CT molecular complexity index is 1640. The third-order valence-electron chi connectivity index (χ3n) is 6.53. The van der Waals surface area contributed by atoms with Crippen LogP contribution in [0.3, 0.4) is 0 Å². The van der Waals surface area contributed by atoms with Gasteiger partial charge in [0, 0.05) is 42.2 Å². The molecule has 0 atom stereocenters. The highest BCUT2D eigenvalue weighted by Gasteiger charge is 2.15. The molecular formula is C35H33N3O5. The maximum Gasteiger partial charge on any atom is 0.272 e. The zero-order chi connectivity index (χ0) is 30.8. The van der Waals surface area contributed by atoms with Gasteiger partial charge in [-0.3, -0.25) is 14.4 Å². The SMILES string of the molecule is COc1ccc(OC)c(/C=C/C(=O)c2ccc(NC(=O)/C(=C/c3ccc(N(C)C)cc3)NC(=O)c3ccccc3)cc2)c1. The molecule has 4 rings (SSSR count). The standard InChI is InChI=1S/C35H33N3O5/c1-38(2)29-17-10-24(11-18-29)22-31(37-34(40)26-8-6-5-7-9-26)35(41)36-28-15-12-25(13-16-28)32(39)20-14-27-23-30(42-3)19-21-33(27)43-4/h5-23H,1-4H3,(H,36,41)(H,37,40)/b20-14+,31-22-. The molecule has 0 heterocycles. The third-order valence-corrected chi connectivity index (χ3v) is 6.53. The van der Waals surface area contributed by atoms with Crippen molar-refractivity contribution >= 4 is 41.1 Å². The van der Waals surface area contributed by atoms with Gasteiger partial charge in [-0.15, -0.1) is 0 Å². The van der Waals surface area contributed by atoms with E-state index < -0.39 is 11.8 Å². The maximum absolute atomic E-state index is 13.3. The maximum atomic E-state index is 13.3. The highest BCUT2D eigenvalue weighted by molar-refractivity contribution is 6.11. The quantitative estimate of drug-likeness (QED) is 0.166. The van der Waals surface area contributed by atoms with Gasteiger partial charge >= 0.3 is 0 Å². The Morgan fingerprint density at radius 2 is 1.47 bits per heavy atom. The second kappa shape index (κ2) is 14.3. The number of carbonyl (C=O) groups excluding carboxylic acids is 3. The summed E-state index contributed by atoms with van der Waals surface area (Å²) in [5, 5.41) is 5.55. The van der Waals surface area contributed by atoms with Crippen molar-refractivity contribution in [2.75, 3.05) is 38.5 Å². The lowest BCUT2D eigenvalue weighted by atomic mass is 10.1. The molecule has 43 heavy (non-hydrogen) atoms. The molecule has 8 nitrogen and oxygen atoms in total. The number of amides is 2. The van der Waals surface area contributed by atoms with Crippen molar-refractivity contribution < 1.29 is 23.9 Å². The lowest BCUT2D eigenvalue weighted by molar-refractivity contribution is -0.113. The van der Waals surface area contributed by atoms with Gasteiger partial charge in [0.05, 0.1) is 14.2 Å². The predicted octanol–water partition coefficient (Wildman–Crippen LogP) is 6.08. The second-order valence-electron chi connectivity index (χ2n) is 9.70. The Labute approximate surface area is 251 Å². The van der Waals surface area contributed by atoms with Crippen molar-refractivity contribution in [1.82, 2.24) is 5.32 Å². The van der Waals surface area contributed by atoms with E-state index in [0.29, 0.717) is 33.9 Å². The number of allylic oxidation sites excluding steroid dienone is 1. The van der Waals surface area contributed by atoms with Gasteiger partial charge < -0.3 is 25.0 Å². The van der Waals surface area contributed by atoms with E-state index in [0.717, 1.165) is 11.3 Å². The number of nitrogens with zero attached hydrogens (tertiary/aromatic N) is 1. The minimum atomic E-state index is -0.509. The van der Waals surface area contributed by atoms with Crippen LogP contribution in [-0.4, -0.2) is 45.9 Å². The van der Waals surface area contributed by atoms with Crippen LogP contribution in [0.4, 0.5) is 11.4 Å². The van der Waals surface area contributed by atoms with Crippen molar-refractivity contribution in [2.45, 2.75) is 0 Å². The van der Waals surface area contributed by atoms with Gasteiger partial charge in [-0.1, -0.05) is 30.3 Å². The van der Waals surface area contributed by atoms with E-state index in [1.807, 2.05) is 49.3 Å². The number of ether oxygens (including phenoxy) is 2. The van der Waals surface area contributed by atoms with Crippen molar-refractivity contribution in [2.24, 2.45) is 0 Å². The van der Waals surface area contributed by atoms with Gasteiger partial charge in [0.15, 0.2) is 5.78 Å². The Kier molecular flexibility index (Phi) is 10.1. The Morgan fingerprint density at radius 1 is 0.767 bits per heavy atom. The van der Waals surface area contributed by atoms with E-state index in [9.17, 15) is 14.4 Å². The molecule has 0 aliphatic heterocycles. The minimum Gasteiger partial charge on any atom is -0.497 e. The lowest BCUT2D eigenvalue weighted by Crippen LogP contribution is -2.30. The van der Waals surface area contributed by atoms with Crippen molar-refractivity contribution in [3.8, 4) is 11.5 Å². The number of carbonyl (C=O) groups is 3. The number of methoxy groups -OCH3 is 2. The number of hydrogen-bond donors (Lipinski definition) is 2. The van der Waals surface area contributed by atoms with Crippen LogP contribution in [0.25, 0.3) is 12.2 Å². The van der Waals surface area contributed by atoms with Crippen molar-refractivity contribution in [1.29, 1.82) is 0 Å². The predicted molar refractivity (Wildman–Crippen MR) is 171 cm³/mol. The summed E-state index contributed by atoms with van der Waals surface area (Å²) in [6.07, 6.45) is 4.73. The van der Waals surface area contributed by atoms with Crippen LogP contribution < -0.4 is 25.0 Å². The van der Waals surface area contributed by atoms with Crippen molar-refractivity contribution in [3.63, 3.8) is 0 Å². The zero-order valence-corrected chi connectivity index (χ0v) is 24.5. The molecule has 0 aliphatic carbocycles. The van der Waals surface area contributed by atoms with Gasteiger partial charge in [0.25, 0.3) is 11.8 Å². The smallest absolute Gasteiger partial charge is 0.272 e. The van der Waals surface area contributed by atoms with Crippen LogP contribution in [0.5, 0.6) is 11.5 Å². The summed E-state index contributed by atoms with van der Waals surface area (Å²) in [6, 6.07) is 28.1. The monoisotopic (exact) mass is 575 g/mol. The normalized spacial score (nSPS) is 11.1. The average molecular weight is 576 g/mol. The Morgan fingerprint density at radius 3 is 2.09 bits per heavy atom. The van der Waals surface area contributed by atoms with Crippen LogP contribution in [0.15, 0.2) is 109 Å². The summed E-state index contributed by atoms with van der Waals surface area (Å²) >= 11 is 0. The number of ketones is 1. The number of anilines is 2. The number of nitrogens with one attached hydrogen (secondary N) is 2. The summed E-state index contributed by atoms with van der Waals surface area (Å²) < 4.78 is 10.6. The van der Waals surface area contributed by atoms with Crippen LogP contribution in [0.1, 0.15) is 31.8 Å². The van der Waals surface area contributed by atoms with Gasteiger partial charge in [-0.05, 0) is 90.5 Å². The second-order valence-corrected chi connectivity index (χ2v) is 9.70. The van der Waals surface area contributed by atoms with Gasteiger partial charge in [0.2, 0.25) is 0 Å². The topological polar surface area (TPSA) is 97.0 Å². The minimum absolute atomic E-state index is 0.0711. The highest BCUT2D eigenvalue weighted by Crippen LogP contribution is 2.25. The summed E-state index contributed by atoms with van der Waals surface area (Å²) in [6.45, 7) is 0. The van der Waals surface area contributed by atoms with Gasteiger partial charge in [-0.25, -0.2) is 0 Å². The molecular weight excluding hydrogens is 542 g/mol. The molecule has 218 valence electrons. The molecule has 0 unspecified atom stereocenters. The average Bonchev–Trinajstić information content (AvgIpc) is 3.04. The van der Waals surface area contributed by atoms with Crippen LogP contribution in [-0.2, 0) is 4.79 Å². The van der Waals surface area contributed by atoms with E-state index in [2.05, 4.69) is 10.6 Å². The zero-order valence-electron chi connectivity index (χ0n) is 24.5. The lowest BCUT2D eigenvalue weighted by Gasteiger charge is -2.13. The molecule has 4 aromatic carbocycles. The fourth-order valence-electron chi connectivity index (χ4n) is 4.13. The van der Waals surface area contributed by atoms with Crippen LogP contribution in [0, 0.1) is 0 Å². The summed E-state index contributed by atoms with van der Waals surface area (Å²) in [7, 11) is 7.01. The van der Waals surface area contributed by atoms with Crippen molar-refractivity contribution in [3.05, 3.63) is 131 Å². The van der Waals surface area contributed by atoms with Gasteiger partial charge in [-0.2, -0.15) is 0 Å². The largest absolute Gasteiger partial charge is 0.497 e. The van der Waals surface area contributed by atoms with E-state index in [1.54, 1.807) is 93.1 Å². The van der Waals surface area contributed by atoms with Crippen LogP contribution in [0.2, 0.25) is 0 Å².